The number of hydrogen-bond donors (Lipinski definition) is 4. The second kappa shape index (κ2) is 5.33. The quantitative estimate of drug-likeness (QED) is 0.492. The van der Waals surface area contributed by atoms with Gasteiger partial charge in [0, 0.05) is 6.54 Å². The van der Waals surface area contributed by atoms with Gasteiger partial charge in [-0.1, -0.05) is 6.08 Å². The second-order valence-electron chi connectivity index (χ2n) is 5.39. The van der Waals surface area contributed by atoms with Gasteiger partial charge in [0.05, 0.1) is 6.10 Å². The number of nitrogens with zero attached hydrogens (tertiary/aromatic N) is 3. The van der Waals surface area contributed by atoms with Crippen molar-refractivity contribution in [1.82, 2.24) is 19.1 Å². The fourth-order valence-corrected chi connectivity index (χ4v) is 2.77. The monoisotopic (exact) mass is 323 g/mol. The highest BCUT2D eigenvalue weighted by Gasteiger charge is 2.43. The summed E-state index contributed by atoms with van der Waals surface area (Å²) in [6.45, 7) is 5.18. The Balaban J connectivity index is 2.33. The van der Waals surface area contributed by atoms with Gasteiger partial charge in [0.25, 0.3) is 5.56 Å². The third-order valence-electron chi connectivity index (χ3n) is 3.87. The highest BCUT2D eigenvalue weighted by molar-refractivity contribution is 5.71. The number of fused-ring (bicyclic) bond motifs is 1. The number of nitrogens with two attached hydrogens (primary N) is 1. The van der Waals surface area contributed by atoms with Gasteiger partial charge < -0.3 is 20.7 Å². The van der Waals surface area contributed by atoms with E-state index in [-0.39, 0.29) is 23.7 Å². The Morgan fingerprint density at radius 1 is 1.43 bits per heavy atom. The number of ether oxygens (including phenoxy) is 1. The first-order valence-electron chi connectivity index (χ1n) is 6.99. The predicted octanol–water partition coefficient (Wildman–Crippen LogP) is -1.71. The number of nitrogen functional groups attached to an aromatic ring is 1. The number of aromatic amines is 1. The summed E-state index contributed by atoms with van der Waals surface area (Å²) in [5.74, 6) is -0.173. The molecule has 2 aromatic heterocycles. The second-order valence-corrected chi connectivity index (χ2v) is 5.39. The molecule has 124 valence electrons. The van der Waals surface area contributed by atoms with Crippen LogP contribution in [0.2, 0.25) is 0 Å². The molecule has 0 aliphatic carbocycles. The first-order valence-corrected chi connectivity index (χ1v) is 6.99. The van der Waals surface area contributed by atoms with Crippen LogP contribution >= 0.6 is 0 Å². The Kier molecular flexibility index (Phi) is 3.59. The number of rotatable bonds is 3. The fourth-order valence-electron chi connectivity index (χ4n) is 2.77. The Labute approximate surface area is 129 Å². The van der Waals surface area contributed by atoms with Gasteiger partial charge >= 0.3 is 5.69 Å². The van der Waals surface area contributed by atoms with Crippen LogP contribution in [0.1, 0.15) is 13.2 Å². The van der Waals surface area contributed by atoms with E-state index in [9.17, 15) is 19.8 Å². The van der Waals surface area contributed by atoms with Crippen molar-refractivity contribution in [2.75, 3.05) is 5.73 Å². The molecule has 1 aliphatic heterocycles. The lowest BCUT2D eigenvalue weighted by Gasteiger charge is -2.15. The molecule has 0 bridgehead atoms. The number of aliphatic hydroxyl groups is 2. The molecule has 0 amide bonds. The average Bonchev–Trinajstić information content (AvgIpc) is 2.89. The normalized spacial score (nSPS) is 27.6. The molecule has 1 saturated heterocycles. The fraction of sp³-hybridized carbons (Fsp3) is 0.462. The van der Waals surface area contributed by atoms with Crippen LogP contribution in [0.25, 0.3) is 11.2 Å². The zero-order valence-electron chi connectivity index (χ0n) is 12.3. The summed E-state index contributed by atoms with van der Waals surface area (Å²) < 4.78 is 7.64. The minimum atomic E-state index is -1.34. The first kappa shape index (κ1) is 15.5. The van der Waals surface area contributed by atoms with E-state index in [0.717, 1.165) is 9.13 Å². The van der Waals surface area contributed by atoms with Crippen molar-refractivity contribution in [3.05, 3.63) is 33.5 Å². The Morgan fingerprint density at radius 3 is 2.70 bits per heavy atom. The van der Waals surface area contributed by atoms with Crippen molar-refractivity contribution < 1.29 is 14.9 Å². The Hall–Kier alpha value is -2.43. The van der Waals surface area contributed by atoms with Crippen LogP contribution in [0.4, 0.5) is 5.95 Å². The topological polar surface area (TPSA) is 148 Å². The maximum Gasteiger partial charge on any atom is 0.333 e. The predicted molar refractivity (Wildman–Crippen MR) is 80.8 cm³/mol. The summed E-state index contributed by atoms with van der Waals surface area (Å²) in [4.78, 5) is 31.1. The summed E-state index contributed by atoms with van der Waals surface area (Å²) in [7, 11) is 0. The zero-order chi connectivity index (χ0) is 16.9. The van der Waals surface area contributed by atoms with Gasteiger partial charge in [0.15, 0.2) is 17.4 Å². The molecular formula is C13H17N5O5. The molecule has 3 rings (SSSR count). The van der Waals surface area contributed by atoms with E-state index in [4.69, 9.17) is 10.5 Å². The maximum atomic E-state index is 12.7. The molecule has 23 heavy (non-hydrogen) atoms. The van der Waals surface area contributed by atoms with Crippen LogP contribution in [0.5, 0.6) is 0 Å². The van der Waals surface area contributed by atoms with E-state index in [2.05, 4.69) is 16.5 Å². The molecule has 0 unspecified atom stereocenters. The molecule has 0 spiro atoms. The zero-order valence-corrected chi connectivity index (χ0v) is 12.3. The number of H-pyrrole nitrogens is 1. The molecule has 1 aliphatic rings. The summed E-state index contributed by atoms with van der Waals surface area (Å²) in [6.07, 6.45) is -2.91. The third kappa shape index (κ3) is 2.19. The molecule has 2 aromatic rings. The van der Waals surface area contributed by atoms with E-state index in [0.29, 0.717) is 0 Å². The largest absolute Gasteiger partial charge is 0.388 e. The van der Waals surface area contributed by atoms with Gasteiger partial charge in [-0.15, -0.1) is 6.58 Å². The number of imidazole rings is 1. The highest BCUT2D eigenvalue weighted by atomic mass is 16.6. The molecule has 0 radical (unpaired) electrons. The van der Waals surface area contributed by atoms with Gasteiger partial charge in [-0.25, -0.2) is 9.36 Å². The molecule has 0 saturated carbocycles. The van der Waals surface area contributed by atoms with Crippen LogP contribution in [-0.2, 0) is 11.3 Å². The van der Waals surface area contributed by atoms with Crippen molar-refractivity contribution in [2.45, 2.75) is 38.0 Å². The molecular weight excluding hydrogens is 306 g/mol. The summed E-state index contributed by atoms with van der Waals surface area (Å²) >= 11 is 0. The van der Waals surface area contributed by atoms with E-state index in [1.165, 1.54) is 6.08 Å². The summed E-state index contributed by atoms with van der Waals surface area (Å²) in [5, 5.41) is 20.0. The van der Waals surface area contributed by atoms with Crippen LogP contribution in [0.15, 0.2) is 22.2 Å². The standard InChI is InChI=1S/C13H17N5O5/c1-3-4-17-6-9(15-12(14)16-10(6)21)18(13(17)22)11-8(20)7(19)5(2)23-11/h3,5,7-8,11,19-20H,1,4H2,2H3,(H3,14,15,16,21)/t5-,7-,8-,11-/m1/s1. The smallest absolute Gasteiger partial charge is 0.333 e. The average molecular weight is 323 g/mol. The van der Waals surface area contributed by atoms with Gasteiger partial charge in [-0.2, -0.15) is 4.98 Å². The van der Waals surface area contributed by atoms with E-state index in [1.807, 2.05) is 0 Å². The van der Waals surface area contributed by atoms with Crippen molar-refractivity contribution in [1.29, 1.82) is 0 Å². The number of nitrogens with one attached hydrogen (secondary N) is 1. The van der Waals surface area contributed by atoms with Gasteiger partial charge in [0.1, 0.15) is 12.2 Å². The Morgan fingerprint density at radius 2 is 2.13 bits per heavy atom. The molecule has 4 atom stereocenters. The number of aromatic nitrogens is 4. The number of hydrogen-bond acceptors (Lipinski definition) is 7. The SMILES string of the molecule is C=CCn1c(=O)n([C@@H]2O[C@H](C)[C@@H](O)[C@H]2O)c2nc(N)[nH]c(=O)c21. The summed E-state index contributed by atoms with van der Waals surface area (Å²) in [5.41, 5.74) is 4.31. The van der Waals surface area contributed by atoms with Crippen molar-refractivity contribution in [3.63, 3.8) is 0 Å². The number of anilines is 1. The number of allylic oxidation sites excluding steroid dienone is 1. The van der Waals surface area contributed by atoms with Gasteiger partial charge in [0.2, 0.25) is 5.95 Å². The number of aliphatic hydroxyl groups excluding tert-OH is 2. The van der Waals surface area contributed by atoms with Crippen molar-refractivity contribution in [2.24, 2.45) is 0 Å². The minimum absolute atomic E-state index is 0.00561. The van der Waals surface area contributed by atoms with E-state index in [1.54, 1.807) is 6.92 Å². The maximum absolute atomic E-state index is 12.7. The van der Waals surface area contributed by atoms with Crippen LogP contribution in [0, 0.1) is 0 Å². The summed E-state index contributed by atoms with van der Waals surface area (Å²) in [6, 6.07) is 0. The molecule has 10 nitrogen and oxygen atoms in total. The lowest BCUT2D eigenvalue weighted by Crippen LogP contribution is -2.35. The first-order chi connectivity index (χ1) is 10.9. The van der Waals surface area contributed by atoms with Crippen LogP contribution < -0.4 is 17.0 Å². The molecule has 10 heteroatoms. The molecule has 1 fully saturated rings. The Bertz CT molecular complexity index is 881. The minimum Gasteiger partial charge on any atom is -0.388 e. The van der Waals surface area contributed by atoms with Crippen LogP contribution in [-0.4, -0.2) is 47.6 Å². The van der Waals surface area contributed by atoms with Gasteiger partial charge in [-0.05, 0) is 6.92 Å². The van der Waals surface area contributed by atoms with E-state index < -0.39 is 35.8 Å². The van der Waals surface area contributed by atoms with Crippen LogP contribution in [0.3, 0.4) is 0 Å². The molecule has 0 aromatic carbocycles. The van der Waals surface area contributed by atoms with Crippen molar-refractivity contribution >= 4 is 17.1 Å². The van der Waals surface area contributed by atoms with E-state index >= 15 is 0 Å². The highest BCUT2D eigenvalue weighted by Crippen LogP contribution is 2.29. The lowest BCUT2D eigenvalue weighted by atomic mass is 10.1. The molecule has 3 heterocycles. The lowest BCUT2D eigenvalue weighted by molar-refractivity contribution is -0.0321. The molecule has 5 N–H and O–H groups in total. The third-order valence-corrected chi connectivity index (χ3v) is 3.87. The van der Waals surface area contributed by atoms with Crippen molar-refractivity contribution in [3.8, 4) is 0 Å². The van der Waals surface area contributed by atoms with Gasteiger partial charge in [-0.3, -0.25) is 14.3 Å².